The predicted molar refractivity (Wildman–Crippen MR) is 206 cm³/mol. The third-order valence-corrected chi connectivity index (χ3v) is 8.30. The number of nitrogens with one attached hydrogen (secondary N) is 8. The molecule has 61 heavy (non-hydrogen) atoms. The van der Waals surface area contributed by atoms with Crippen LogP contribution >= 0.6 is 0 Å². The molecule has 2 aromatic carbocycles. The minimum Gasteiger partial charge on any atom is -0.508 e. The second-order valence-corrected chi connectivity index (χ2v) is 13.0. The van der Waals surface area contributed by atoms with E-state index in [-0.39, 0.29) is 24.3 Å². The number of benzene rings is 2. The van der Waals surface area contributed by atoms with Crippen molar-refractivity contribution in [2.24, 2.45) is 5.73 Å². The van der Waals surface area contributed by atoms with Gasteiger partial charge in [-0.1, -0.05) is 24.3 Å². The molecule has 0 saturated heterocycles. The third kappa shape index (κ3) is 17.8. The quantitative estimate of drug-likeness (QED) is 0.0441. The van der Waals surface area contributed by atoms with E-state index in [1.807, 2.05) is 5.32 Å². The fourth-order valence-electron chi connectivity index (χ4n) is 5.00. The molecule has 8 amide bonds. The van der Waals surface area contributed by atoms with Crippen LogP contribution in [0, 0.1) is 0 Å². The van der Waals surface area contributed by atoms with Gasteiger partial charge in [0.2, 0.25) is 47.3 Å². The molecule has 0 bridgehead atoms. The lowest BCUT2D eigenvalue weighted by molar-refractivity contribution is -0.138. The molecule has 0 aromatic heterocycles. The van der Waals surface area contributed by atoms with E-state index >= 15 is 0 Å². The number of carboxylic acids is 1. The van der Waals surface area contributed by atoms with Crippen molar-refractivity contribution in [1.82, 2.24) is 42.5 Å². The number of phenols is 2. The van der Waals surface area contributed by atoms with Crippen LogP contribution < -0.4 is 48.3 Å². The zero-order valence-electron chi connectivity index (χ0n) is 32.3. The lowest BCUT2D eigenvalue weighted by Gasteiger charge is -2.25. The number of amides is 8. The van der Waals surface area contributed by atoms with E-state index in [4.69, 9.17) is 15.9 Å². The standard InChI is InChI=1S/C36H49N9O16/c37-22(14-46)31(56)38-11-28(52)42-27(17-49)36(61)45-25(15-47)33(58)39-12-29(53)41-26(16-48)35(60)44-24(10-19-3-7-21(51)8-4-19)34(59)43-23(32(57)40-13-30(54)55)9-18-1-5-20(50)6-2-18/h1-8,22-27,46-51H,9-17,37H2,(H,38,56)(H,39,58)(H,40,57)(H,41,53)(H,42,52)(H,43,59)(H,44,60)(H,45,61)(H,54,55)/t22-,23-,24-,25-,26-,27-/m0/s1. The van der Waals surface area contributed by atoms with Gasteiger partial charge in [-0.25, -0.2) is 0 Å². The lowest BCUT2D eigenvalue weighted by Crippen LogP contribution is -2.59. The maximum atomic E-state index is 13.7. The van der Waals surface area contributed by atoms with Crippen molar-refractivity contribution >= 4 is 53.2 Å². The second-order valence-electron chi connectivity index (χ2n) is 13.0. The van der Waals surface area contributed by atoms with E-state index in [1.165, 1.54) is 48.5 Å². The van der Waals surface area contributed by atoms with E-state index < -0.39 is 136 Å². The molecule has 0 aliphatic rings. The van der Waals surface area contributed by atoms with Gasteiger partial charge in [-0.15, -0.1) is 0 Å². The van der Waals surface area contributed by atoms with Crippen LogP contribution in [0.15, 0.2) is 48.5 Å². The van der Waals surface area contributed by atoms with E-state index in [0.29, 0.717) is 11.1 Å². The Morgan fingerprint density at radius 2 is 0.770 bits per heavy atom. The first-order chi connectivity index (χ1) is 28.9. The molecule has 0 aliphatic heterocycles. The lowest BCUT2D eigenvalue weighted by atomic mass is 10.0. The van der Waals surface area contributed by atoms with Crippen molar-refractivity contribution in [2.45, 2.75) is 49.1 Å². The second kappa shape index (κ2) is 25.5. The SMILES string of the molecule is N[C@@H](CO)C(=O)NCC(=O)N[C@@H](CO)C(=O)N[C@@H](CO)C(=O)NCC(=O)N[C@@H](CO)C(=O)N[C@@H](Cc1ccc(O)cc1)C(=O)N[C@@H](Cc1ccc(O)cc1)C(=O)NCC(=O)O. The van der Waals surface area contributed by atoms with Crippen LogP contribution in [-0.4, -0.2) is 171 Å². The molecule has 0 heterocycles. The first kappa shape index (κ1) is 50.2. The molecule has 0 unspecified atom stereocenters. The number of hydrogen-bond donors (Lipinski definition) is 16. The van der Waals surface area contributed by atoms with Crippen LogP contribution in [0.4, 0.5) is 0 Å². The summed E-state index contributed by atoms with van der Waals surface area (Å²) in [7, 11) is 0. The molecular weight excluding hydrogens is 814 g/mol. The Hall–Kier alpha value is -6.93. The van der Waals surface area contributed by atoms with Gasteiger partial charge < -0.3 is 84.0 Å². The smallest absolute Gasteiger partial charge is 0.322 e. The summed E-state index contributed by atoms with van der Waals surface area (Å²) in [6.45, 7) is -6.17. The normalized spacial score (nSPS) is 13.7. The van der Waals surface area contributed by atoms with Crippen molar-refractivity contribution in [1.29, 1.82) is 0 Å². The molecular formula is C36H49N9O16. The highest BCUT2D eigenvalue weighted by atomic mass is 16.4. The summed E-state index contributed by atoms with van der Waals surface area (Å²) in [6, 6.07) is 1.54. The highest BCUT2D eigenvalue weighted by Gasteiger charge is 2.31. The topological polar surface area (TPSA) is 417 Å². The molecule has 0 radical (unpaired) electrons. The van der Waals surface area contributed by atoms with Gasteiger partial charge in [0, 0.05) is 12.8 Å². The van der Waals surface area contributed by atoms with Crippen molar-refractivity contribution in [3.63, 3.8) is 0 Å². The molecule has 25 nitrogen and oxygen atoms in total. The van der Waals surface area contributed by atoms with Crippen molar-refractivity contribution in [3.8, 4) is 11.5 Å². The van der Waals surface area contributed by atoms with Crippen molar-refractivity contribution in [2.75, 3.05) is 46.1 Å². The Kier molecular flexibility index (Phi) is 21.0. The number of hydrogen-bond acceptors (Lipinski definition) is 16. The molecule has 2 aromatic rings. The molecule has 0 aliphatic carbocycles. The minimum absolute atomic E-state index is 0.0900. The van der Waals surface area contributed by atoms with Gasteiger partial charge in [0.25, 0.3) is 0 Å². The maximum Gasteiger partial charge on any atom is 0.322 e. The Labute approximate surface area is 346 Å². The molecule has 17 N–H and O–H groups in total. The number of carboxylic acid groups (broad SMARTS) is 1. The summed E-state index contributed by atoms with van der Waals surface area (Å²) < 4.78 is 0. The van der Waals surface area contributed by atoms with E-state index in [9.17, 15) is 68.7 Å². The summed E-state index contributed by atoms with van der Waals surface area (Å²) in [4.78, 5) is 113. The number of carbonyl (C=O) groups excluding carboxylic acids is 8. The molecule has 0 fully saturated rings. The van der Waals surface area contributed by atoms with Crippen LogP contribution in [0.3, 0.4) is 0 Å². The maximum absolute atomic E-state index is 13.7. The van der Waals surface area contributed by atoms with Crippen molar-refractivity contribution < 1.29 is 78.9 Å². The first-order valence-electron chi connectivity index (χ1n) is 18.2. The Morgan fingerprint density at radius 3 is 1.16 bits per heavy atom. The van der Waals surface area contributed by atoms with Gasteiger partial charge in [0.05, 0.1) is 39.5 Å². The summed E-state index contributed by atoms with van der Waals surface area (Å²) in [5.41, 5.74) is 6.15. The minimum atomic E-state index is -1.75. The van der Waals surface area contributed by atoms with Gasteiger partial charge >= 0.3 is 5.97 Å². The number of aliphatic carboxylic acids is 1. The van der Waals surface area contributed by atoms with Crippen molar-refractivity contribution in [3.05, 3.63) is 59.7 Å². The summed E-state index contributed by atoms with van der Waals surface area (Å²) in [5.74, 6) is -9.85. The third-order valence-electron chi connectivity index (χ3n) is 8.30. The van der Waals surface area contributed by atoms with E-state index in [0.717, 1.165) is 0 Å². The highest BCUT2D eigenvalue weighted by molar-refractivity contribution is 5.97. The predicted octanol–water partition coefficient (Wildman–Crippen LogP) is -7.96. The van der Waals surface area contributed by atoms with Crippen LogP contribution in [0.25, 0.3) is 0 Å². The van der Waals surface area contributed by atoms with Crippen LogP contribution in [-0.2, 0) is 56.0 Å². The summed E-state index contributed by atoms with van der Waals surface area (Å²) in [6.07, 6.45) is -0.463. The summed E-state index contributed by atoms with van der Waals surface area (Å²) in [5, 5.41) is 83.9. The molecule has 334 valence electrons. The Balaban J connectivity index is 2.11. The molecule has 25 heteroatoms. The molecule has 0 spiro atoms. The number of phenolic OH excluding ortho intramolecular Hbond substituents is 2. The number of aromatic hydroxyl groups is 2. The average molecular weight is 864 g/mol. The molecule has 6 atom stereocenters. The van der Waals surface area contributed by atoms with Gasteiger partial charge in [-0.2, -0.15) is 0 Å². The Morgan fingerprint density at radius 1 is 0.443 bits per heavy atom. The monoisotopic (exact) mass is 863 g/mol. The van der Waals surface area contributed by atoms with E-state index in [1.54, 1.807) is 0 Å². The Bertz CT molecular complexity index is 1850. The highest BCUT2D eigenvalue weighted by Crippen LogP contribution is 2.14. The van der Waals surface area contributed by atoms with E-state index in [2.05, 4.69) is 37.2 Å². The zero-order valence-corrected chi connectivity index (χ0v) is 32.3. The van der Waals surface area contributed by atoms with Gasteiger partial charge in [-0.3, -0.25) is 43.2 Å². The largest absolute Gasteiger partial charge is 0.508 e. The first-order valence-corrected chi connectivity index (χ1v) is 18.2. The number of aliphatic hydroxyl groups excluding tert-OH is 4. The van der Waals surface area contributed by atoms with Gasteiger partial charge in [0.1, 0.15) is 54.3 Å². The number of rotatable bonds is 25. The summed E-state index contributed by atoms with van der Waals surface area (Å²) >= 11 is 0. The van der Waals surface area contributed by atoms with Gasteiger partial charge in [-0.05, 0) is 35.4 Å². The van der Waals surface area contributed by atoms with Crippen LogP contribution in [0.1, 0.15) is 11.1 Å². The zero-order chi connectivity index (χ0) is 45.6. The molecule has 0 saturated carbocycles. The fraction of sp³-hybridized carbons (Fsp3) is 0.417. The van der Waals surface area contributed by atoms with Crippen LogP contribution in [0.2, 0.25) is 0 Å². The number of carbonyl (C=O) groups is 9. The average Bonchev–Trinajstić information content (AvgIpc) is 3.24. The number of nitrogens with two attached hydrogens (primary N) is 1. The number of aliphatic hydroxyl groups is 4. The molecule has 2 rings (SSSR count). The fourth-order valence-corrected chi connectivity index (χ4v) is 5.00. The van der Waals surface area contributed by atoms with Crippen LogP contribution in [0.5, 0.6) is 11.5 Å². The van der Waals surface area contributed by atoms with Gasteiger partial charge in [0.15, 0.2) is 0 Å².